The van der Waals surface area contributed by atoms with Gasteiger partial charge in [0.1, 0.15) is 10.0 Å². The van der Waals surface area contributed by atoms with Crippen LogP contribution in [0.15, 0.2) is 18.2 Å². The average molecular weight is 307 g/mol. The summed E-state index contributed by atoms with van der Waals surface area (Å²) in [5, 5.41) is 13.8. The predicted octanol–water partition coefficient (Wildman–Crippen LogP) is 2.64. The summed E-state index contributed by atoms with van der Waals surface area (Å²) in [6.45, 7) is 5.00. The largest absolute Gasteiger partial charge is 0.493 e. The molecule has 1 N–H and O–H groups in total. The first-order valence-corrected chi connectivity index (χ1v) is 7.69. The van der Waals surface area contributed by atoms with Crippen molar-refractivity contribution in [1.82, 2.24) is 15.5 Å². The minimum absolute atomic E-state index is 0.447. The number of hydrogen-bond acceptors (Lipinski definition) is 6. The lowest BCUT2D eigenvalue weighted by Gasteiger charge is -2.08. The first-order chi connectivity index (χ1) is 10.1. The molecule has 1 heterocycles. The van der Waals surface area contributed by atoms with E-state index in [-0.39, 0.29) is 0 Å². The minimum Gasteiger partial charge on any atom is -0.493 e. The molecule has 0 spiro atoms. The Hall–Kier alpha value is -1.66. The Morgan fingerprint density at radius 2 is 1.81 bits per heavy atom. The Balaban J connectivity index is 2.04. The Bertz CT molecular complexity index is 584. The molecule has 0 bridgehead atoms. The van der Waals surface area contributed by atoms with E-state index >= 15 is 0 Å². The van der Waals surface area contributed by atoms with Crippen LogP contribution in [0, 0.1) is 0 Å². The van der Waals surface area contributed by atoms with Gasteiger partial charge in [0.05, 0.1) is 14.2 Å². The fourth-order valence-electron chi connectivity index (χ4n) is 1.89. The first kappa shape index (κ1) is 15.7. The highest BCUT2D eigenvalue weighted by Gasteiger charge is 2.09. The number of aromatic nitrogens is 2. The van der Waals surface area contributed by atoms with Crippen molar-refractivity contribution in [3.63, 3.8) is 0 Å². The van der Waals surface area contributed by atoms with Crippen molar-refractivity contribution in [2.75, 3.05) is 14.2 Å². The van der Waals surface area contributed by atoms with E-state index in [9.17, 15) is 0 Å². The molecule has 0 radical (unpaired) electrons. The van der Waals surface area contributed by atoms with Crippen LogP contribution in [0.4, 0.5) is 0 Å². The van der Waals surface area contributed by atoms with Gasteiger partial charge in [-0.2, -0.15) is 0 Å². The van der Waals surface area contributed by atoms with Gasteiger partial charge in [-0.1, -0.05) is 31.3 Å². The number of rotatable bonds is 7. The number of methoxy groups -OCH3 is 2. The van der Waals surface area contributed by atoms with Crippen molar-refractivity contribution >= 4 is 11.3 Å². The Labute approximate surface area is 129 Å². The molecule has 0 amide bonds. The number of nitrogens with zero attached hydrogens (tertiary/aromatic N) is 2. The van der Waals surface area contributed by atoms with Crippen LogP contribution >= 0.6 is 11.3 Å². The maximum Gasteiger partial charge on any atom is 0.160 e. The molecule has 0 saturated heterocycles. The van der Waals surface area contributed by atoms with Crippen molar-refractivity contribution < 1.29 is 9.47 Å². The van der Waals surface area contributed by atoms with Gasteiger partial charge in [-0.3, -0.25) is 0 Å². The lowest BCUT2D eigenvalue weighted by Crippen LogP contribution is -2.21. The minimum atomic E-state index is 0.447. The summed E-state index contributed by atoms with van der Waals surface area (Å²) in [4.78, 5) is 0. The van der Waals surface area contributed by atoms with E-state index in [0.717, 1.165) is 40.0 Å². The lowest BCUT2D eigenvalue weighted by atomic mass is 10.1. The van der Waals surface area contributed by atoms with Crippen LogP contribution < -0.4 is 14.8 Å². The molecular formula is C15H21N3O2S. The van der Waals surface area contributed by atoms with Gasteiger partial charge in [-0.15, -0.1) is 10.2 Å². The van der Waals surface area contributed by atoms with Crippen LogP contribution in [-0.4, -0.2) is 30.5 Å². The Morgan fingerprint density at radius 3 is 2.48 bits per heavy atom. The summed E-state index contributed by atoms with van der Waals surface area (Å²) >= 11 is 1.64. The van der Waals surface area contributed by atoms with E-state index in [1.165, 1.54) is 0 Å². The average Bonchev–Trinajstić information content (AvgIpc) is 2.92. The molecule has 2 rings (SSSR count). The summed E-state index contributed by atoms with van der Waals surface area (Å²) in [6.07, 6.45) is 0.750. The number of nitrogens with one attached hydrogen (secondary N) is 1. The zero-order chi connectivity index (χ0) is 15.2. The molecule has 0 fully saturated rings. The monoisotopic (exact) mass is 307 g/mol. The van der Waals surface area contributed by atoms with Gasteiger partial charge >= 0.3 is 0 Å². The van der Waals surface area contributed by atoms with E-state index in [0.29, 0.717) is 6.04 Å². The second kappa shape index (κ2) is 7.38. The molecule has 5 nitrogen and oxygen atoms in total. The molecule has 0 aliphatic carbocycles. The molecule has 1 aromatic heterocycles. The van der Waals surface area contributed by atoms with Crippen LogP contribution in [-0.2, 0) is 13.0 Å². The van der Waals surface area contributed by atoms with Crippen molar-refractivity contribution in [1.29, 1.82) is 0 Å². The van der Waals surface area contributed by atoms with Gasteiger partial charge < -0.3 is 14.8 Å². The second-order valence-corrected chi connectivity index (χ2v) is 6.14. The van der Waals surface area contributed by atoms with Crippen LogP contribution in [0.25, 0.3) is 0 Å². The van der Waals surface area contributed by atoms with Crippen LogP contribution in [0.1, 0.15) is 29.4 Å². The van der Waals surface area contributed by atoms with Crippen molar-refractivity contribution in [3.8, 4) is 11.5 Å². The highest BCUT2D eigenvalue weighted by atomic mass is 32.1. The third-order valence-corrected chi connectivity index (χ3v) is 3.90. The van der Waals surface area contributed by atoms with Crippen molar-refractivity contribution in [2.24, 2.45) is 0 Å². The van der Waals surface area contributed by atoms with E-state index in [4.69, 9.17) is 9.47 Å². The molecule has 2 aromatic rings. The molecule has 0 aliphatic heterocycles. The summed E-state index contributed by atoms with van der Waals surface area (Å²) < 4.78 is 10.6. The summed E-state index contributed by atoms with van der Waals surface area (Å²) in [6, 6.07) is 6.36. The number of hydrogen-bond donors (Lipinski definition) is 1. The SMILES string of the molecule is COc1ccc(Cc2nnc(CNC(C)C)s2)cc1OC. The van der Waals surface area contributed by atoms with Crippen LogP contribution in [0.5, 0.6) is 11.5 Å². The summed E-state index contributed by atoms with van der Waals surface area (Å²) in [7, 11) is 3.28. The van der Waals surface area contributed by atoms with E-state index < -0.39 is 0 Å². The van der Waals surface area contributed by atoms with Gasteiger partial charge in [0.25, 0.3) is 0 Å². The highest BCUT2D eigenvalue weighted by Crippen LogP contribution is 2.28. The molecule has 0 aliphatic rings. The van der Waals surface area contributed by atoms with Crippen LogP contribution in [0.3, 0.4) is 0 Å². The molecule has 0 unspecified atom stereocenters. The lowest BCUT2D eigenvalue weighted by molar-refractivity contribution is 0.354. The third kappa shape index (κ3) is 4.41. The van der Waals surface area contributed by atoms with Gasteiger partial charge in [0.15, 0.2) is 11.5 Å². The standard InChI is InChI=1S/C15H21N3O2S/c1-10(2)16-9-15-18-17-14(21-15)8-11-5-6-12(19-3)13(7-11)20-4/h5-7,10,16H,8-9H2,1-4H3. The Kier molecular flexibility index (Phi) is 5.52. The molecule has 0 atom stereocenters. The first-order valence-electron chi connectivity index (χ1n) is 6.88. The van der Waals surface area contributed by atoms with E-state index in [2.05, 4.69) is 29.4 Å². The number of benzene rings is 1. The molecule has 21 heavy (non-hydrogen) atoms. The van der Waals surface area contributed by atoms with Gasteiger partial charge in [0, 0.05) is 19.0 Å². The zero-order valence-electron chi connectivity index (χ0n) is 12.8. The van der Waals surface area contributed by atoms with Gasteiger partial charge in [-0.05, 0) is 17.7 Å². The normalized spacial score (nSPS) is 10.9. The quantitative estimate of drug-likeness (QED) is 0.852. The predicted molar refractivity (Wildman–Crippen MR) is 84.2 cm³/mol. The zero-order valence-corrected chi connectivity index (χ0v) is 13.7. The molecule has 1 aromatic carbocycles. The molecule has 6 heteroatoms. The number of ether oxygens (including phenoxy) is 2. The maximum atomic E-state index is 5.32. The molecule has 0 saturated carbocycles. The van der Waals surface area contributed by atoms with Crippen molar-refractivity contribution in [3.05, 3.63) is 33.8 Å². The van der Waals surface area contributed by atoms with Gasteiger partial charge in [-0.25, -0.2) is 0 Å². The maximum absolute atomic E-state index is 5.32. The summed E-state index contributed by atoms with van der Waals surface area (Å²) in [5.41, 5.74) is 1.13. The fraction of sp³-hybridized carbons (Fsp3) is 0.467. The molecular weight excluding hydrogens is 286 g/mol. The smallest absolute Gasteiger partial charge is 0.160 e. The van der Waals surface area contributed by atoms with E-state index in [1.54, 1.807) is 25.6 Å². The topological polar surface area (TPSA) is 56.3 Å². The third-order valence-electron chi connectivity index (χ3n) is 2.97. The second-order valence-electron chi connectivity index (χ2n) is 4.99. The highest BCUT2D eigenvalue weighted by molar-refractivity contribution is 7.11. The Morgan fingerprint density at radius 1 is 1.10 bits per heavy atom. The molecule has 114 valence electrons. The summed E-state index contributed by atoms with van der Waals surface area (Å²) in [5.74, 6) is 1.47. The van der Waals surface area contributed by atoms with Crippen LogP contribution in [0.2, 0.25) is 0 Å². The van der Waals surface area contributed by atoms with E-state index in [1.807, 2.05) is 18.2 Å². The van der Waals surface area contributed by atoms with Gasteiger partial charge in [0.2, 0.25) is 0 Å². The fourth-order valence-corrected chi connectivity index (χ4v) is 2.72. The van der Waals surface area contributed by atoms with Crippen molar-refractivity contribution in [2.45, 2.75) is 32.9 Å².